The number of aliphatic hydroxyl groups excluding tert-OH is 1. The lowest BCUT2D eigenvalue weighted by Crippen LogP contribution is -2.40. The predicted molar refractivity (Wildman–Crippen MR) is 103 cm³/mol. The number of hydrogen-bond donors (Lipinski definition) is 4. The average molecular weight is 385 g/mol. The Kier molecular flexibility index (Phi) is 7.71. The van der Waals surface area contributed by atoms with Crippen LogP contribution in [0.15, 0.2) is 54.6 Å². The third kappa shape index (κ3) is 6.85. The van der Waals surface area contributed by atoms with Crippen LogP contribution >= 0.6 is 0 Å². The van der Waals surface area contributed by atoms with E-state index in [1.165, 1.54) is 0 Å². The summed E-state index contributed by atoms with van der Waals surface area (Å²) in [4.78, 5) is 33.5. The number of hydrogen-bond acceptors (Lipinski definition) is 4. The Hall–Kier alpha value is -3.19. The molecule has 4 N–H and O–H groups in total. The van der Waals surface area contributed by atoms with Crippen LogP contribution < -0.4 is 5.32 Å². The monoisotopic (exact) mass is 385 g/mol. The zero-order chi connectivity index (χ0) is 20.5. The summed E-state index contributed by atoms with van der Waals surface area (Å²) in [6.07, 6.45) is -1.99. The largest absolute Gasteiger partial charge is 0.481 e. The molecule has 0 saturated carbocycles. The van der Waals surface area contributed by atoms with Crippen LogP contribution in [0.4, 0.5) is 0 Å². The van der Waals surface area contributed by atoms with Gasteiger partial charge in [-0.2, -0.15) is 0 Å². The zero-order valence-corrected chi connectivity index (χ0v) is 15.2. The van der Waals surface area contributed by atoms with Crippen LogP contribution in [-0.4, -0.2) is 45.3 Å². The Morgan fingerprint density at radius 3 is 2.04 bits per heavy atom. The van der Waals surface area contributed by atoms with Gasteiger partial charge in [0, 0.05) is 18.9 Å². The Labute approximate surface area is 162 Å². The first-order valence-electron chi connectivity index (χ1n) is 8.91. The second-order valence-electron chi connectivity index (χ2n) is 6.51. The summed E-state index contributed by atoms with van der Waals surface area (Å²) in [5.41, 5.74) is 2.95. The fraction of sp³-hybridized carbons (Fsp3) is 0.286. The molecule has 1 unspecified atom stereocenters. The number of carboxylic acid groups (broad SMARTS) is 2. The molecule has 0 heterocycles. The lowest BCUT2D eigenvalue weighted by atomic mass is 9.97. The van der Waals surface area contributed by atoms with E-state index in [4.69, 9.17) is 10.2 Å². The summed E-state index contributed by atoms with van der Waals surface area (Å²) in [6, 6.07) is 16.8. The Bertz CT molecular complexity index is 803. The van der Waals surface area contributed by atoms with Gasteiger partial charge in [0.2, 0.25) is 5.91 Å². The molecule has 0 aromatic heterocycles. The van der Waals surface area contributed by atoms with Gasteiger partial charge in [-0.1, -0.05) is 54.6 Å². The van der Waals surface area contributed by atoms with E-state index < -0.39 is 30.0 Å². The van der Waals surface area contributed by atoms with Crippen LogP contribution in [0.3, 0.4) is 0 Å². The molecule has 148 valence electrons. The second-order valence-corrected chi connectivity index (χ2v) is 6.51. The van der Waals surface area contributed by atoms with Crippen molar-refractivity contribution < 1.29 is 29.7 Å². The van der Waals surface area contributed by atoms with E-state index in [2.05, 4.69) is 5.32 Å². The number of carbonyl (C=O) groups is 3. The average Bonchev–Trinajstić information content (AvgIpc) is 2.67. The first-order valence-corrected chi connectivity index (χ1v) is 8.91. The van der Waals surface area contributed by atoms with Gasteiger partial charge in [-0.05, 0) is 23.1 Å². The van der Waals surface area contributed by atoms with Gasteiger partial charge in [-0.15, -0.1) is 0 Å². The second kappa shape index (κ2) is 10.2. The van der Waals surface area contributed by atoms with Crippen molar-refractivity contribution in [3.63, 3.8) is 0 Å². The summed E-state index contributed by atoms with van der Waals surface area (Å²) < 4.78 is 0. The van der Waals surface area contributed by atoms with Crippen molar-refractivity contribution in [2.75, 3.05) is 0 Å². The minimum absolute atomic E-state index is 0.172. The molecule has 0 spiro atoms. The van der Waals surface area contributed by atoms with Gasteiger partial charge >= 0.3 is 11.9 Å². The standard InChI is InChI=1S/C21H23NO6/c23-18(21(27)28)13-17(22-19(24)10-11-20(25)26)12-14-6-8-16(9-7-14)15-4-2-1-3-5-15/h1-9,17-18,23H,10-13H2,(H,22,24)(H,25,26)(H,27,28)/t17-,18?/m1/s1. The van der Waals surface area contributed by atoms with E-state index in [-0.39, 0.29) is 19.3 Å². The number of amides is 1. The lowest BCUT2D eigenvalue weighted by Gasteiger charge is -2.20. The van der Waals surface area contributed by atoms with Crippen LogP contribution in [0.2, 0.25) is 0 Å². The van der Waals surface area contributed by atoms with Gasteiger partial charge in [0.1, 0.15) is 0 Å². The topological polar surface area (TPSA) is 124 Å². The van der Waals surface area contributed by atoms with E-state index >= 15 is 0 Å². The first kappa shape index (κ1) is 21.1. The smallest absolute Gasteiger partial charge is 0.332 e. The maximum atomic E-state index is 11.9. The van der Waals surface area contributed by atoms with Gasteiger partial charge in [-0.25, -0.2) is 4.79 Å². The van der Waals surface area contributed by atoms with Gasteiger partial charge in [0.25, 0.3) is 0 Å². The van der Waals surface area contributed by atoms with Crippen molar-refractivity contribution in [1.29, 1.82) is 0 Å². The third-order valence-corrected chi connectivity index (χ3v) is 4.27. The number of benzene rings is 2. The lowest BCUT2D eigenvalue weighted by molar-refractivity contribution is -0.147. The maximum absolute atomic E-state index is 11.9. The van der Waals surface area contributed by atoms with Gasteiger partial charge in [-0.3, -0.25) is 9.59 Å². The molecular weight excluding hydrogens is 362 g/mol. The number of rotatable bonds is 10. The van der Waals surface area contributed by atoms with Crippen LogP contribution in [0.1, 0.15) is 24.8 Å². The van der Waals surface area contributed by atoms with Crippen molar-refractivity contribution in [2.24, 2.45) is 0 Å². The SMILES string of the molecule is O=C(O)CCC(=O)N[C@H](Cc1ccc(-c2ccccc2)cc1)CC(O)C(=O)O. The molecule has 2 atom stereocenters. The fourth-order valence-corrected chi connectivity index (χ4v) is 2.83. The molecule has 7 nitrogen and oxygen atoms in total. The van der Waals surface area contributed by atoms with Crippen LogP contribution in [0.5, 0.6) is 0 Å². The molecule has 2 rings (SSSR count). The van der Waals surface area contributed by atoms with E-state index in [1.807, 2.05) is 54.6 Å². The van der Waals surface area contributed by atoms with Crippen LogP contribution in [-0.2, 0) is 20.8 Å². The summed E-state index contributed by atoms with van der Waals surface area (Å²) >= 11 is 0. The number of nitrogens with one attached hydrogen (secondary N) is 1. The minimum Gasteiger partial charge on any atom is -0.481 e. The van der Waals surface area contributed by atoms with E-state index in [9.17, 15) is 19.5 Å². The number of carboxylic acids is 2. The van der Waals surface area contributed by atoms with Gasteiger partial charge in [0.05, 0.1) is 6.42 Å². The molecule has 0 aliphatic rings. The highest BCUT2D eigenvalue weighted by atomic mass is 16.4. The maximum Gasteiger partial charge on any atom is 0.332 e. The molecule has 2 aromatic rings. The molecule has 2 aromatic carbocycles. The number of aliphatic carboxylic acids is 2. The summed E-state index contributed by atoms with van der Waals surface area (Å²) in [5.74, 6) is -2.95. The van der Waals surface area contributed by atoms with E-state index in [1.54, 1.807) is 0 Å². The molecule has 0 aliphatic heterocycles. The summed E-state index contributed by atoms with van der Waals surface area (Å²) in [7, 11) is 0. The highest BCUT2D eigenvalue weighted by Crippen LogP contribution is 2.20. The fourth-order valence-electron chi connectivity index (χ4n) is 2.83. The van der Waals surface area contributed by atoms with Gasteiger partial charge in [0.15, 0.2) is 6.10 Å². The normalized spacial score (nSPS) is 12.8. The highest BCUT2D eigenvalue weighted by Gasteiger charge is 2.22. The minimum atomic E-state index is -1.62. The summed E-state index contributed by atoms with van der Waals surface area (Å²) in [6.45, 7) is 0. The predicted octanol–water partition coefficient (Wildman–Crippen LogP) is 2.08. The molecule has 0 fully saturated rings. The molecular formula is C21H23NO6. The third-order valence-electron chi connectivity index (χ3n) is 4.27. The Morgan fingerprint density at radius 1 is 0.857 bits per heavy atom. The molecule has 0 radical (unpaired) electrons. The van der Waals surface area contributed by atoms with Crippen LogP contribution in [0.25, 0.3) is 11.1 Å². The molecule has 0 aliphatic carbocycles. The van der Waals surface area contributed by atoms with E-state index in [0.29, 0.717) is 6.42 Å². The number of carbonyl (C=O) groups excluding carboxylic acids is 1. The molecule has 1 amide bonds. The van der Waals surface area contributed by atoms with Gasteiger partial charge < -0.3 is 20.6 Å². The Morgan fingerprint density at radius 2 is 1.46 bits per heavy atom. The van der Waals surface area contributed by atoms with Crippen molar-refractivity contribution in [2.45, 2.75) is 37.8 Å². The van der Waals surface area contributed by atoms with Crippen molar-refractivity contribution >= 4 is 17.8 Å². The quantitative estimate of drug-likeness (QED) is 0.496. The molecule has 0 saturated heterocycles. The van der Waals surface area contributed by atoms with Crippen molar-refractivity contribution in [1.82, 2.24) is 5.32 Å². The zero-order valence-electron chi connectivity index (χ0n) is 15.2. The first-order chi connectivity index (χ1) is 13.3. The molecule has 0 bridgehead atoms. The van der Waals surface area contributed by atoms with Crippen molar-refractivity contribution in [3.8, 4) is 11.1 Å². The Balaban J connectivity index is 2.06. The van der Waals surface area contributed by atoms with E-state index in [0.717, 1.165) is 16.7 Å². The highest BCUT2D eigenvalue weighted by molar-refractivity contribution is 5.81. The summed E-state index contributed by atoms with van der Waals surface area (Å²) in [5, 5.41) is 29.9. The molecule has 28 heavy (non-hydrogen) atoms. The van der Waals surface area contributed by atoms with Crippen LogP contribution in [0, 0.1) is 0 Å². The van der Waals surface area contributed by atoms with Crippen molar-refractivity contribution in [3.05, 3.63) is 60.2 Å². The molecule has 7 heteroatoms. The number of aliphatic hydroxyl groups is 1.